The van der Waals surface area contributed by atoms with E-state index in [4.69, 9.17) is 4.74 Å². The Balaban J connectivity index is 1.95. The van der Waals surface area contributed by atoms with E-state index in [1.807, 2.05) is 10.9 Å². The number of nitrogens with zero attached hydrogens (tertiary/aromatic N) is 2. The molecule has 0 bridgehead atoms. The zero-order valence-electron chi connectivity index (χ0n) is 11.2. The van der Waals surface area contributed by atoms with Crippen LogP contribution in [0.4, 0.5) is 0 Å². The molecule has 3 nitrogen and oxygen atoms in total. The summed E-state index contributed by atoms with van der Waals surface area (Å²) in [5, 5.41) is 5.62. The molecule has 0 spiro atoms. The number of benzene rings is 1. The molecule has 3 heteroatoms. The molecule has 1 aromatic heterocycles. The van der Waals surface area contributed by atoms with Gasteiger partial charge >= 0.3 is 0 Å². The minimum atomic E-state index is 0.0961. The van der Waals surface area contributed by atoms with Crippen molar-refractivity contribution in [3.63, 3.8) is 0 Å². The van der Waals surface area contributed by atoms with E-state index in [-0.39, 0.29) is 6.23 Å². The summed E-state index contributed by atoms with van der Waals surface area (Å²) in [6, 6.07) is 6.26. The zero-order valence-corrected chi connectivity index (χ0v) is 11.2. The SMILES string of the molecule is CCC#Cc1ccc2c(cnn2[C@H]2CCCCO2)c1. The molecule has 0 aliphatic carbocycles. The summed E-state index contributed by atoms with van der Waals surface area (Å²) in [7, 11) is 0. The number of ether oxygens (including phenoxy) is 1. The highest BCUT2D eigenvalue weighted by atomic mass is 16.5. The third-order valence-corrected chi connectivity index (χ3v) is 3.43. The van der Waals surface area contributed by atoms with Crippen molar-refractivity contribution in [3.05, 3.63) is 30.0 Å². The summed E-state index contributed by atoms with van der Waals surface area (Å²) in [5.74, 6) is 6.25. The van der Waals surface area contributed by atoms with Gasteiger partial charge in [-0.25, -0.2) is 4.68 Å². The van der Waals surface area contributed by atoms with Gasteiger partial charge in [-0.05, 0) is 37.5 Å². The molecule has 2 heterocycles. The van der Waals surface area contributed by atoms with Gasteiger partial charge in [0.2, 0.25) is 0 Å². The van der Waals surface area contributed by atoms with Gasteiger partial charge in [-0.15, -0.1) is 0 Å². The maximum Gasteiger partial charge on any atom is 0.150 e. The van der Waals surface area contributed by atoms with Crippen LogP contribution in [0.2, 0.25) is 0 Å². The first-order valence-electron chi connectivity index (χ1n) is 6.96. The second-order valence-electron chi connectivity index (χ2n) is 4.84. The van der Waals surface area contributed by atoms with Gasteiger partial charge < -0.3 is 4.74 Å². The molecule has 2 aromatic rings. The number of rotatable bonds is 1. The fraction of sp³-hybridized carbons (Fsp3) is 0.438. The van der Waals surface area contributed by atoms with Crippen LogP contribution in [0.3, 0.4) is 0 Å². The highest BCUT2D eigenvalue weighted by Gasteiger charge is 2.18. The average molecular weight is 254 g/mol. The lowest BCUT2D eigenvalue weighted by Gasteiger charge is -2.23. The molecular formula is C16H18N2O. The predicted molar refractivity (Wildman–Crippen MR) is 75.7 cm³/mol. The molecule has 1 aromatic carbocycles. The van der Waals surface area contributed by atoms with Crippen LogP contribution in [0, 0.1) is 11.8 Å². The monoisotopic (exact) mass is 254 g/mol. The maximum atomic E-state index is 5.80. The van der Waals surface area contributed by atoms with E-state index < -0.39 is 0 Å². The fourth-order valence-electron chi connectivity index (χ4n) is 2.47. The molecule has 0 amide bonds. The lowest BCUT2D eigenvalue weighted by atomic mass is 10.1. The maximum absolute atomic E-state index is 5.80. The molecule has 19 heavy (non-hydrogen) atoms. The highest BCUT2D eigenvalue weighted by molar-refractivity contribution is 5.80. The Morgan fingerprint density at radius 1 is 1.42 bits per heavy atom. The zero-order chi connectivity index (χ0) is 13.1. The van der Waals surface area contributed by atoms with E-state index in [1.54, 1.807) is 0 Å². The van der Waals surface area contributed by atoms with Crippen molar-refractivity contribution < 1.29 is 4.74 Å². The molecular weight excluding hydrogens is 236 g/mol. The van der Waals surface area contributed by atoms with E-state index in [0.717, 1.165) is 42.3 Å². The Hall–Kier alpha value is -1.79. The van der Waals surface area contributed by atoms with E-state index >= 15 is 0 Å². The topological polar surface area (TPSA) is 27.1 Å². The summed E-state index contributed by atoms with van der Waals surface area (Å²) in [6.45, 7) is 2.90. The molecule has 3 rings (SSSR count). The van der Waals surface area contributed by atoms with Crippen LogP contribution in [0.1, 0.15) is 44.4 Å². The van der Waals surface area contributed by atoms with Crippen molar-refractivity contribution in [2.45, 2.75) is 38.8 Å². The highest BCUT2D eigenvalue weighted by Crippen LogP contribution is 2.26. The Labute approximate surface area is 113 Å². The molecule has 1 saturated heterocycles. The fourth-order valence-corrected chi connectivity index (χ4v) is 2.47. The second-order valence-corrected chi connectivity index (χ2v) is 4.84. The summed E-state index contributed by atoms with van der Waals surface area (Å²) < 4.78 is 7.80. The molecule has 1 aliphatic heterocycles. The average Bonchev–Trinajstić information content (AvgIpc) is 2.89. The van der Waals surface area contributed by atoms with Crippen LogP contribution in [-0.4, -0.2) is 16.4 Å². The minimum absolute atomic E-state index is 0.0961. The van der Waals surface area contributed by atoms with E-state index in [1.165, 1.54) is 6.42 Å². The summed E-state index contributed by atoms with van der Waals surface area (Å²) in [4.78, 5) is 0. The van der Waals surface area contributed by atoms with Gasteiger partial charge in [0.15, 0.2) is 6.23 Å². The molecule has 98 valence electrons. The molecule has 0 unspecified atom stereocenters. The smallest absolute Gasteiger partial charge is 0.150 e. The standard InChI is InChI=1S/C16H18N2O/c1-2-3-6-13-8-9-15-14(11-13)12-17-18(15)16-7-4-5-10-19-16/h8-9,11-12,16H,2,4-5,7,10H2,1H3/t16-/m1/s1. The van der Waals surface area contributed by atoms with Crippen LogP contribution in [0.15, 0.2) is 24.4 Å². The van der Waals surface area contributed by atoms with Gasteiger partial charge in [-0.2, -0.15) is 5.10 Å². The van der Waals surface area contributed by atoms with E-state index in [0.29, 0.717) is 0 Å². The summed E-state index contributed by atoms with van der Waals surface area (Å²) in [5.41, 5.74) is 2.19. The lowest BCUT2D eigenvalue weighted by molar-refractivity contribution is -0.0366. The quantitative estimate of drug-likeness (QED) is 0.728. The second kappa shape index (κ2) is 5.46. The van der Waals surface area contributed by atoms with Crippen LogP contribution >= 0.6 is 0 Å². The Morgan fingerprint density at radius 2 is 2.37 bits per heavy atom. The van der Waals surface area contributed by atoms with Crippen molar-refractivity contribution in [1.29, 1.82) is 0 Å². The molecule has 0 saturated carbocycles. The van der Waals surface area contributed by atoms with E-state index in [2.05, 4.69) is 42.1 Å². The van der Waals surface area contributed by atoms with Crippen LogP contribution in [-0.2, 0) is 4.74 Å². The minimum Gasteiger partial charge on any atom is -0.356 e. The first-order valence-corrected chi connectivity index (χ1v) is 6.96. The van der Waals surface area contributed by atoms with Crippen molar-refractivity contribution in [3.8, 4) is 11.8 Å². The predicted octanol–water partition coefficient (Wildman–Crippen LogP) is 3.50. The third-order valence-electron chi connectivity index (χ3n) is 3.43. The molecule has 1 atom stereocenters. The van der Waals surface area contributed by atoms with Gasteiger partial charge in [-0.3, -0.25) is 0 Å². The van der Waals surface area contributed by atoms with E-state index in [9.17, 15) is 0 Å². The van der Waals surface area contributed by atoms with Crippen molar-refractivity contribution in [2.24, 2.45) is 0 Å². The largest absolute Gasteiger partial charge is 0.356 e. The van der Waals surface area contributed by atoms with Gasteiger partial charge in [0.25, 0.3) is 0 Å². The molecule has 0 N–H and O–H groups in total. The van der Waals surface area contributed by atoms with Gasteiger partial charge in [0.1, 0.15) is 0 Å². The third kappa shape index (κ3) is 2.50. The van der Waals surface area contributed by atoms with Crippen molar-refractivity contribution >= 4 is 10.9 Å². The Kier molecular flexibility index (Phi) is 3.52. The molecule has 1 fully saturated rings. The van der Waals surface area contributed by atoms with Gasteiger partial charge in [0.05, 0.1) is 11.7 Å². The van der Waals surface area contributed by atoms with Gasteiger partial charge in [-0.1, -0.05) is 18.8 Å². The van der Waals surface area contributed by atoms with Gasteiger partial charge in [0, 0.05) is 24.0 Å². The van der Waals surface area contributed by atoms with Crippen molar-refractivity contribution in [1.82, 2.24) is 9.78 Å². The number of hydrogen-bond acceptors (Lipinski definition) is 2. The lowest BCUT2D eigenvalue weighted by Crippen LogP contribution is -2.18. The van der Waals surface area contributed by atoms with Crippen molar-refractivity contribution in [2.75, 3.05) is 6.61 Å². The number of hydrogen-bond donors (Lipinski definition) is 0. The summed E-state index contributed by atoms with van der Waals surface area (Å²) >= 11 is 0. The van der Waals surface area contributed by atoms with Crippen LogP contribution < -0.4 is 0 Å². The molecule has 0 radical (unpaired) electrons. The molecule has 1 aliphatic rings. The number of fused-ring (bicyclic) bond motifs is 1. The normalized spacial score (nSPS) is 19.1. The first-order chi connectivity index (χ1) is 9.38. The van der Waals surface area contributed by atoms with Crippen LogP contribution in [0.25, 0.3) is 10.9 Å². The van der Waals surface area contributed by atoms with Crippen LogP contribution in [0.5, 0.6) is 0 Å². The summed E-state index contributed by atoms with van der Waals surface area (Å²) in [6.07, 6.45) is 6.31. The Morgan fingerprint density at radius 3 is 3.16 bits per heavy atom. The Bertz CT molecular complexity index is 627. The first kappa shape index (κ1) is 12.3. The number of aromatic nitrogens is 2.